The van der Waals surface area contributed by atoms with Gasteiger partial charge in [-0.1, -0.05) is 24.3 Å². The van der Waals surface area contributed by atoms with E-state index >= 15 is 0 Å². The van der Waals surface area contributed by atoms with E-state index in [2.05, 4.69) is 4.90 Å². The summed E-state index contributed by atoms with van der Waals surface area (Å²) >= 11 is 0. The molecule has 0 unspecified atom stereocenters. The monoisotopic (exact) mass is 343 g/mol. The molecule has 134 valence electrons. The summed E-state index contributed by atoms with van der Waals surface area (Å²) in [6.07, 6.45) is 3.83. The van der Waals surface area contributed by atoms with Crippen LogP contribution in [0.2, 0.25) is 0 Å². The maximum absolute atomic E-state index is 13.3. The Morgan fingerprint density at radius 3 is 2.48 bits per heavy atom. The maximum Gasteiger partial charge on any atom is 0.123 e. The normalized spacial score (nSPS) is 17.5. The van der Waals surface area contributed by atoms with Crippen LogP contribution in [0.3, 0.4) is 0 Å². The fourth-order valence-corrected chi connectivity index (χ4v) is 3.55. The van der Waals surface area contributed by atoms with Gasteiger partial charge in [-0.05, 0) is 80.1 Å². The smallest absolute Gasteiger partial charge is 0.123 e. The number of benzene rings is 2. The lowest BCUT2D eigenvalue weighted by Crippen LogP contribution is -2.36. The van der Waals surface area contributed by atoms with Crippen LogP contribution < -0.4 is 0 Å². The van der Waals surface area contributed by atoms with E-state index in [9.17, 15) is 14.6 Å². The first-order valence-corrected chi connectivity index (χ1v) is 9.04. The molecule has 0 saturated carbocycles. The Morgan fingerprint density at radius 2 is 1.80 bits per heavy atom. The first-order valence-electron chi connectivity index (χ1n) is 9.04. The maximum atomic E-state index is 13.3. The highest BCUT2D eigenvalue weighted by Crippen LogP contribution is 2.25. The number of aromatic hydroxyl groups is 1. The number of hydrogen-bond acceptors (Lipinski definition) is 3. The van der Waals surface area contributed by atoms with Crippen LogP contribution in [0.25, 0.3) is 0 Å². The quantitative estimate of drug-likeness (QED) is 0.836. The second kappa shape index (κ2) is 8.45. The molecule has 1 aliphatic rings. The molecule has 2 aromatic carbocycles. The minimum atomic E-state index is -0.635. The molecule has 0 aliphatic carbocycles. The van der Waals surface area contributed by atoms with Gasteiger partial charge >= 0.3 is 0 Å². The molecule has 3 nitrogen and oxygen atoms in total. The highest BCUT2D eigenvalue weighted by Gasteiger charge is 2.21. The second-order valence-corrected chi connectivity index (χ2v) is 7.02. The number of nitrogens with zero attached hydrogens (tertiary/aromatic N) is 1. The number of aliphatic hydroxyl groups is 1. The minimum absolute atomic E-state index is 0.301. The summed E-state index contributed by atoms with van der Waals surface area (Å²) < 4.78 is 13.3. The van der Waals surface area contributed by atoms with Crippen molar-refractivity contribution in [3.63, 3.8) is 0 Å². The highest BCUT2D eigenvalue weighted by molar-refractivity contribution is 5.26. The van der Waals surface area contributed by atoms with Gasteiger partial charge in [-0.2, -0.15) is 0 Å². The number of hydrogen-bond donors (Lipinski definition) is 2. The third kappa shape index (κ3) is 5.28. The zero-order valence-corrected chi connectivity index (χ0v) is 14.4. The van der Waals surface area contributed by atoms with Crippen LogP contribution in [0.1, 0.15) is 36.5 Å². The van der Waals surface area contributed by atoms with Crippen molar-refractivity contribution in [1.29, 1.82) is 0 Å². The molecular weight excluding hydrogens is 317 g/mol. The van der Waals surface area contributed by atoms with E-state index in [4.69, 9.17) is 0 Å². The minimum Gasteiger partial charge on any atom is -0.508 e. The first kappa shape index (κ1) is 17.9. The van der Waals surface area contributed by atoms with Crippen molar-refractivity contribution in [3.8, 4) is 5.75 Å². The number of piperidine rings is 1. The Balaban J connectivity index is 1.41. The number of phenols is 1. The van der Waals surface area contributed by atoms with E-state index in [0.717, 1.165) is 38.8 Å². The number of rotatable bonds is 6. The molecule has 1 saturated heterocycles. The number of halogens is 1. The number of aryl methyl sites for hydroxylation is 1. The fourth-order valence-electron chi connectivity index (χ4n) is 3.55. The fraction of sp³-hybridized carbons (Fsp3) is 0.429. The first-order chi connectivity index (χ1) is 12.1. The van der Waals surface area contributed by atoms with Crippen molar-refractivity contribution in [2.75, 3.05) is 19.6 Å². The van der Waals surface area contributed by atoms with E-state index in [-0.39, 0.29) is 5.82 Å². The highest BCUT2D eigenvalue weighted by atomic mass is 19.1. The van der Waals surface area contributed by atoms with Gasteiger partial charge in [-0.3, -0.25) is 0 Å². The van der Waals surface area contributed by atoms with E-state index in [1.807, 2.05) is 12.1 Å². The van der Waals surface area contributed by atoms with Crippen molar-refractivity contribution in [1.82, 2.24) is 4.90 Å². The van der Waals surface area contributed by atoms with Gasteiger partial charge in [0.05, 0.1) is 6.10 Å². The summed E-state index contributed by atoms with van der Waals surface area (Å²) in [5.74, 6) is 0.717. The van der Waals surface area contributed by atoms with Crippen LogP contribution in [0.4, 0.5) is 4.39 Å². The van der Waals surface area contributed by atoms with E-state index in [0.29, 0.717) is 23.8 Å². The standard InChI is InChI=1S/C21H26FNO2/c22-19-3-1-2-18(14-19)21(25)15-23-12-10-17(11-13-23)5-4-16-6-8-20(24)9-7-16/h1-3,6-9,14,17,21,24-25H,4-5,10-13,15H2/t21-/m1/s1. The number of likely N-dealkylation sites (tertiary alicyclic amines) is 1. The molecule has 1 aliphatic heterocycles. The summed E-state index contributed by atoms with van der Waals surface area (Å²) in [7, 11) is 0. The Hall–Kier alpha value is -1.91. The van der Waals surface area contributed by atoms with Gasteiger partial charge < -0.3 is 15.1 Å². The van der Waals surface area contributed by atoms with Crippen molar-refractivity contribution in [2.45, 2.75) is 31.8 Å². The zero-order chi connectivity index (χ0) is 17.6. The molecule has 1 fully saturated rings. The Labute approximate surface area is 148 Å². The van der Waals surface area contributed by atoms with E-state index < -0.39 is 6.10 Å². The van der Waals surface area contributed by atoms with Gasteiger partial charge in [0, 0.05) is 6.54 Å². The number of aliphatic hydroxyl groups excluding tert-OH is 1. The van der Waals surface area contributed by atoms with Crippen LogP contribution in [0.5, 0.6) is 5.75 Å². The summed E-state index contributed by atoms with van der Waals surface area (Å²) in [4.78, 5) is 2.27. The Bertz CT molecular complexity index is 666. The molecule has 2 N–H and O–H groups in total. The Morgan fingerprint density at radius 1 is 1.08 bits per heavy atom. The molecule has 0 bridgehead atoms. The predicted molar refractivity (Wildman–Crippen MR) is 97.0 cm³/mol. The van der Waals surface area contributed by atoms with Crippen molar-refractivity contribution < 1.29 is 14.6 Å². The molecule has 1 heterocycles. The second-order valence-electron chi connectivity index (χ2n) is 7.02. The number of β-amino-alcohol motifs (C(OH)–C–C–N with tert-alkyl or cyclic N) is 1. The predicted octanol–water partition coefficient (Wildman–Crippen LogP) is 3.91. The van der Waals surface area contributed by atoms with Crippen LogP contribution in [0, 0.1) is 11.7 Å². The summed E-state index contributed by atoms with van der Waals surface area (Å²) in [6, 6.07) is 13.7. The molecule has 0 spiro atoms. The zero-order valence-electron chi connectivity index (χ0n) is 14.4. The van der Waals surface area contributed by atoms with Gasteiger partial charge in [0.2, 0.25) is 0 Å². The average Bonchev–Trinajstić information content (AvgIpc) is 2.62. The lowest BCUT2D eigenvalue weighted by Gasteiger charge is -2.33. The third-order valence-corrected chi connectivity index (χ3v) is 5.15. The van der Waals surface area contributed by atoms with Crippen LogP contribution in [-0.2, 0) is 6.42 Å². The molecule has 0 radical (unpaired) electrons. The van der Waals surface area contributed by atoms with Crippen molar-refractivity contribution in [3.05, 3.63) is 65.5 Å². The molecular formula is C21H26FNO2. The van der Waals surface area contributed by atoms with Gasteiger partial charge in [-0.15, -0.1) is 0 Å². The van der Waals surface area contributed by atoms with Crippen LogP contribution in [0.15, 0.2) is 48.5 Å². The summed E-state index contributed by atoms with van der Waals surface area (Å²) in [5, 5.41) is 19.6. The van der Waals surface area contributed by atoms with Crippen LogP contribution in [-0.4, -0.2) is 34.7 Å². The lowest BCUT2D eigenvalue weighted by atomic mass is 9.90. The van der Waals surface area contributed by atoms with Gasteiger partial charge in [0.1, 0.15) is 11.6 Å². The number of phenolic OH excluding ortho intramolecular Hbond substituents is 1. The SMILES string of the molecule is Oc1ccc(CCC2CCN(C[C@@H](O)c3cccc(F)c3)CC2)cc1. The van der Waals surface area contributed by atoms with Crippen molar-refractivity contribution in [2.24, 2.45) is 5.92 Å². The van der Waals surface area contributed by atoms with Crippen LogP contribution >= 0.6 is 0 Å². The average molecular weight is 343 g/mol. The molecule has 3 rings (SSSR count). The van der Waals surface area contributed by atoms with E-state index in [1.54, 1.807) is 24.3 Å². The molecule has 25 heavy (non-hydrogen) atoms. The molecule has 1 atom stereocenters. The van der Waals surface area contributed by atoms with Gasteiger partial charge in [0.25, 0.3) is 0 Å². The Kier molecular flexibility index (Phi) is 6.05. The molecule has 4 heteroatoms. The lowest BCUT2D eigenvalue weighted by molar-refractivity contribution is 0.0879. The van der Waals surface area contributed by atoms with E-state index in [1.165, 1.54) is 17.7 Å². The molecule has 2 aromatic rings. The molecule has 0 amide bonds. The summed E-state index contributed by atoms with van der Waals surface area (Å²) in [5.41, 5.74) is 1.91. The van der Waals surface area contributed by atoms with Crippen molar-refractivity contribution >= 4 is 0 Å². The topological polar surface area (TPSA) is 43.7 Å². The van der Waals surface area contributed by atoms with Gasteiger partial charge in [0.15, 0.2) is 0 Å². The third-order valence-electron chi connectivity index (χ3n) is 5.15. The largest absolute Gasteiger partial charge is 0.508 e. The summed E-state index contributed by atoms with van der Waals surface area (Å²) in [6.45, 7) is 2.52. The van der Waals surface area contributed by atoms with Gasteiger partial charge in [-0.25, -0.2) is 4.39 Å². The molecule has 0 aromatic heterocycles.